The van der Waals surface area contributed by atoms with Crippen LogP contribution in [-0.2, 0) is 14.8 Å². The number of carbonyl (C=O) groups excluding carboxylic acids is 1. The van der Waals surface area contributed by atoms with E-state index < -0.39 is 15.9 Å². The molecule has 29 heavy (non-hydrogen) atoms. The van der Waals surface area contributed by atoms with E-state index in [1.165, 1.54) is 4.31 Å². The molecule has 0 saturated carbocycles. The van der Waals surface area contributed by atoms with E-state index in [2.05, 4.69) is 11.9 Å². The van der Waals surface area contributed by atoms with Gasteiger partial charge in [-0.2, -0.15) is 4.31 Å². The predicted molar refractivity (Wildman–Crippen MR) is 113 cm³/mol. The molecular weight excluding hydrogens is 388 g/mol. The smallest absolute Gasteiger partial charge is 0.243 e. The lowest BCUT2D eigenvalue weighted by molar-refractivity contribution is -0.120. The van der Waals surface area contributed by atoms with Gasteiger partial charge in [-0.1, -0.05) is 36.4 Å². The first-order valence-corrected chi connectivity index (χ1v) is 11.1. The van der Waals surface area contributed by atoms with E-state index in [1.807, 2.05) is 6.92 Å². The first-order chi connectivity index (χ1) is 13.9. The van der Waals surface area contributed by atoms with E-state index in [-0.39, 0.29) is 17.3 Å². The van der Waals surface area contributed by atoms with Crippen molar-refractivity contribution in [2.45, 2.75) is 24.7 Å². The molecule has 1 aliphatic rings. The summed E-state index contributed by atoms with van der Waals surface area (Å²) in [6.45, 7) is 6.50. The third kappa shape index (κ3) is 5.25. The first kappa shape index (κ1) is 21.1. The molecule has 1 atom stereocenters. The molecule has 0 aromatic heterocycles. The van der Waals surface area contributed by atoms with Crippen LogP contribution in [0, 0.1) is 12.8 Å². The Balaban J connectivity index is 1.68. The number of piperidine rings is 1. The zero-order valence-corrected chi connectivity index (χ0v) is 17.3. The molecule has 3 rings (SSSR count). The predicted octanol–water partition coefficient (Wildman–Crippen LogP) is 3.60. The number of hydrogen-bond donors (Lipinski definition) is 1. The minimum absolute atomic E-state index is 0.175. The molecular formula is C22H26N2O4S. The van der Waals surface area contributed by atoms with Crippen LogP contribution in [0.25, 0.3) is 0 Å². The second-order valence-electron chi connectivity index (χ2n) is 7.13. The number of rotatable bonds is 7. The van der Waals surface area contributed by atoms with Crippen molar-refractivity contribution >= 4 is 21.6 Å². The summed E-state index contributed by atoms with van der Waals surface area (Å²) in [5, 5.41) is 2.88. The summed E-state index contributed by atoms with van der Waals surface area (Å²) in [7, 11) is -3.61. The molecule has 2 aromatic carbocycles. The quantitative estimate of drug-likeness (QED) is 0.703. The minimum atomic E-state index is -3.61. The normalized spacial score (nSPS) is 17.5. The van der Waals surface area contributed by atoms with Gasteiger partial charge in [-0.3, -0.25) is 4.79 Å². The van der Waals surface area contributed by atoms with E-state index in [1.54, 1.807) is 54.6 Å². The Hall–Kier alpha value is -2.64. The number of amides is 1. The largest absolute Gasteiger partial charge is 0.489 e. The van der Waals surface area contributed by atoms with Gasteiger partial charge in [0.1, 0.15) is 12.4 Å². The fraction of sp³-hybridized carbons (Fsp3) is 0.318. The molecule has 0 unspecified atom stereocenters. The first-order valence-electron chi connectivity index (χ1n) is 9.61. The van der Waals surface area contributed by atoms with Crippen molar-refractivity contribution in [1.29, 1.82) is 0 Å². The maximum absolute atomic E-state index is 12.9. The highest BCUT2D eigenvalue weighted by atomic mass is 32.2. The molecule has 6 nitrogen and oxygen atoms in total. The van der Waals surface area contributed by atoms with Crippen LogP contribution >= 0.6 is 0 Å². The van der Waals surface area contributed by atoms with Crippen LogP contribution in [0.3, 0.4) is 0 Å². The second kappa shape index (κ2) is 9.24. The standard InChI is InChI=1S/C22H26N2O4S/c1-3-14-28-20-8-4-7-19(15-20)23-22(25)18-6-5-13-24(16-18)29(26,27)21-11-9-17(2)10-12-21/h3-4,7-12,15,18H,1,5-6,13-14,16H2,2H3,(H,23,25)/t18-/m0/s1. The van der Waals surface area contributed by atoms with Gasteiger partial charge < -0.3 is 10.1 Å². The molecule has 7 heteroatoms. The SMILES string of the molecule is C=CCOc1cccc(NC(=O)[C@H]2CCCN(S(=O)(=O)c3ccc(C)cc3)C2)c1. The van der Waals surface area contributed by atoms with Gasteiger partial charge in [0.25, 0.3) is 0 Å². The molecule has 1 heterocycles. The fourth-order valence-electron chi connectivity index (χ4n) is 3.30. The van der Waals surface area contributed by atoms with E-state index in [0.717, 1.165) is 5.56 Å². The lowest BCUT2D eigenvalue weighted by atomic mass is 9.98. The minimum Gasteiger partial charge on any atom is -0.489 e. The number of carbonyl (C=O) groups is 1. The van der Waals surface area contributed by atoms with Crippen molar-refractivity contribution in [3.8, 4) is 5.75 Å². The van der Waals surface area contributed by atoms with Gasteiger partial charge in [-0.05, 0) is 44.0 Å². The van der Waals surface area contributed by atoms with Gasteiger partial charge in [0.15, 0.2) is 0 Å². The summed E-state index contributed by atoms with van der Waals surface area (Å²) in [4.78, 5) is 13.0. The Labute approximate surface area is 172 Å². The van der Waals surface area contributed by atoms with Crippen LogP contribution in [-0.4, -0.2) is 38.3 Å². The molecule has 1 saturated heterocycles. The van der Waals surface area contributed by atoms with Crippen molar-refractivity contribution in [3.05, 3.63) is 66.7 Å². The average Bonchev–Trinajstić information content (AvgIpc) is 2.73. The van der Waals surface area contributed by atoms with Gasteiger partial charge in [-0.25, -0.2) is 8.42 Å². The van der Waals surface area contributed by atoms with Crippen molar-refractivity contribution in [2.24, 2.45) is 5.92 Å². The number of anilines is 1. The van der Waals surface area contributed by atoms with Crippen LogP contribution < -0.4 is 10.1 Å². The molecule has 0 bridgehead atoms. The molecule has 154 valence electrons. The molecule has 1 aliphatic heterocycles. The molecule has 0 spiro atoms. The van der Waals surface area contributed by atoms with Crippen LogP contribution in [0.15, 0.2) is 66.1 Å². The molecule has 0 aliphatic carbocycles. The summed E-state index contributed by atoms with van der Waals surface area (Å²) in [5.41, 5.74) is 1.62. The van der Waals surface area contributed by atoms with Crippen LogP contribution in [0.5, 0.6) is 5.75 Å². The Morgan fingerprint density at radius 1 is 1.28 bits per heavy atom. The maximum Gasteiger partial charge on any atom is 0.243 e. The molecule has 1 amide bonds. The number of benzene rings is 2. The summed E-state index contributed by atoms with van der Waals surface area (Å²) in [6, 6.07) is 13.9. The molecule has 1 N–H and O–H groups in total. The Kier molecular flexibility index (Phi) is 6.71. The highest BCUT2D eigenvalue weighted by Crippen LogP contribution is 2.25. The van der Waals surface area contributed by atoms with Crippen LogP contribution in [0.2, 0.25) is 0 Å². The number of ether oxygens (including phenoxy) is 1. The number of sulfonamides is 1. The van der Waals surface area contributed by atoms with E-state index in [4.69, 9.17) is 4.74 Å². The second-order valence-corrected chi connectivity index (χ2v) is 9.07. The lowest BCUT2D eigenvalue weighted by Gasteiger charge is -2.31. The Morgan fingerprint density at radius 3 is 2.76 bits per heavy atom. The van der Waals surface area contributed by atoms with Crippen molar-refractivity contribution in [3.63, 3.8) is 0 Å². The van der Waals surface area contributed by atoms with E-state index in [9.17, 15) is 13.2 Å². The monoisotopic (exact) mass is 414 g/mol. The van der Waals surface area contributed by atoms with Gasteiger partial charge in [0.05, 0.1) is 10.8 Å². The zero-order valence-electron chi connectivity index (χ0n) is 16.5. The van der Waals surface area contributed by atoms with Crippen LogP contribution in [0.4, 0.5) is 5.69 Å². The third-order valence-corrected chi connectivity index (χ3v) is 6.76. The Morgan fingerprint density at radius 2 is 2.03 bits per heavy atom. The maximum atomic E-state index is 12.9. The number of nitrogens with one attached hydrogen (secondary N) is 1. The number of hydrogen-bond acceptors (Lipinski definition) is 4. The Bertz CT molecular complexity index is 971. The number of nitrogens with zero attached hydrogens (tertiary/aromatic N) is 1. The highest BCUT2D eigenvalue weighted by molar-refractivity contribution is 7.89. The van der Waals surface area contributed by atoms with Gasteiger partial charge in [0.2, 0.25) is 15.9 Å². The summed E-state index contributed by atoms with van der Waals surface area (Å²) in [5.74, 6) is 0.0475. The zero-order chi connectivity index (χ0) is 20.9. The fourth-order valence-corrected chi connectivity index (χ4v) is 4.82. The topological polar surface area (TPSA) is 75.7 Å². The highest BCUT2D eigenvalue weighted by Gasteiger charge is 2.33. The molecule has 1 fully saturated rings. The summed E-state index contributed by atoms with van der Waals surface area (Å²) >= 11 is 0. The van der Waals surface area contributed by atoms with Crippen molar-refractivity contribution in [1.82, 2.24) is 4.31 Å². The summed E-state index contributed by atoms with van der Waals surface area (Å²) < 4.78 is 32.8. The number of aryl methyl sites for hydroxylation is 1. The van der Waals surface area contributed by atoms with E-state index >= 15 is 0 Å². The van der Waals surface area contributed by atoms with Crippen LogP contribution in [0.1, 0.15) is 18.4 Å². The third-order valence-electron chi connectivity index (χ3n) is 4.88. The van der Waals surface area contributed by atoms with Gasteiger partial charge in [-0.15, -0.1) is 0 Å². The van der Waals surface area contributed by atoms with Crippen molar-refractivity contribution < 1.29 is 17.9 Å². The van der Waals surface area contributed by atoms with Gasteiger partial charge >= 0.3 is 0 Å². The molecule has 0 radical (unpaired) electrons. The van der Waals surface area contributed by atoms with Crippen molar-refractivity contribution in [2.75, 3.05) is 25.0 Å². The summed E-state index contributed by atoms with van der Waals surface area (Å²) in [6.07, 6.45) is 2.94. The van der Waals surface area contributed by atoms with Gasteiger partial charge in [0, 0.05) is 24.8 Å². The van der Waals surface area contributed by atoms with E-state index in [0.29, 0.717) is 37.4 Å². The lowest BCUT2D eigenvalue weighted by Crippen LogP contribution is -2.43. The average molecular weight is 415 g/mol. The molecule has 2 aromatic rings.